The molecule has 1 aromatic heterocycles. The fraction of sp³-hybridized carbons (Fsp3) is 0.680. The number of aliphatic carboxylic acids is 1. The van der Waals surface area contributed by atoms with Crippen LogP contribution in [0.1, 0.15) is 20.3 Å². The summed E-state index contributed by atoms with van der Waals surface area (Å²) >= 11 is 1.40. The van der Waals surface area contributed by atoms with E-state index in [4.69, 9.17) is 11.5 Å². The first-order chi connectivity index (χ1) is 20.5. The molecule has 4 amide bonds. The Kier molecular flexibility index (Phi) is 9.00. The Bertz CT molecular complexity index is 1300. The number of β-lactam (4-membered cyclic amide) rings is 1. The van der Waals surface area contributed by atoms with Crippen molar-refractivity contribution < 1.29 is 29.1 Å². The van der Waals surface area contributed by atoms with Gasteiger partial charge in [0, 0.05) is 61.4 Å². The average Bonchev–Trinajstić information content (AvgIpc) is 3.72. The smallest absolute Gasteiger partial charge is 0.353 e. The minimum Gasteiger partial charge on any atom is -0.477 e. The number of piperazine rings is 1. The molecule has 7 atom stereocenters. The van der Waals surface area contributed by atoms with Gasteiger partial charge in [-0.2, -0.15) is 0 Å². The van der Waals surface area contributed by atoms with Crippen molar-refractivity contribution in [2.45, 2.75) is 56.2 Å². The van der Waals surface area contributed by atoms with Gasteiger partial charge in [0.15, 0.2) is 0 Å². The molecular formula is C25H37N11O6S. The van der Waals surface area contributed by atoms with Crippen molar-refractivity contribution in [1.29, 1.82) is 0 Å². The van der Waals surface area contributed by atoms with Gasteiger partial charge in [-0.25, -0.2) is 9.48 Å². The number of fused-ring (bicyclic) bond motifs is 1. The Morgan fingerprint density at radius 1 is 1.21 bits per heavy atom. The second-order valence-electron chi connectivity index (χ2n) is 11.3. The first kappa shape index (κ1) is 30.8. The van der Waals surface area contributed by atoms with Crippen LogP contribution in [0.15, 0.2) is 16.9 Å². The van der Waals surface area contributed by atoms with Gasteiger partial charge in [0.25, 0.3) is 0 Å². The highest BCUT2D eigenvalue weighted by Crippen LogP contribution is 2.51. The number of nitrogens with one attached hydrogen (secondary N) is 2. The third-order valence-corrected chi connectivity index (χ3v) is 10.1. The lowest BCUT2D eigenvalue weighted by Gasteiger charge is -2.47. The molecule has 17 nitrogen and oxygen atoms in total. The van der Waals surface area contributed by atoms with E-state index in [2.05, 4.69) is 26.2 Å². The van der Waals surface area contributed by atoms with E-state index < -0.39 is 36.1 Å². The van der Waals surface area contributed by atoms with Crippen molar-refractivity contribution in [3.63, 3.8) is 0 Å². The predicted octanol–water partition coefficient (Wildman–Crippen LogP) is -3.63. The largest absolute Gasteiger partial charge is 0.477 e. The zero-order chi connectivity index (χ0) is 31.0. The Labute approximate surface area is 251 Å². The minimum atomic E-state index is -1.18. The van der Waals surface area contributed by atoms with E-state index in [0.29, 0.717) is 44.0 Å². The molecule has 234 valence electrons. The van der Waals surface area contributed by atoms with Crippen molar-refractivity contribution in [2.75, 3.05) is 39.3 Å². The van der Waals surface area contributed by atoms with E-state index in [1.54, 1.807) is 16.7 Å². The summed E-state index contributed by atoms with van der Waals surface area (Å²) in [4.78, 5) is 68.9. The van der Waals surface area contributed by atoms with Gasteiger partial charge in [-0.05, 0) is 23.8 Å². The molecule has 1 aromatic rings. The summed E-state index contributed by atoms with van der Waals surface area (Å²) in [6, 6.07) is -2.11. The summed E-state index contributed by atoms with van der Waals surface area (Å²) in [6.07, 6.45) is 1.81. The number of thioether (sulfide) groups is 1. The quantitative estimate of drug-likeness (QED) is 0.159. The molecule has 5 rings (SSSR count). The predicted molar refractivity (Wildman–Crippen MR) is 151 cm³/mol. The number of tetrazole rings is 1. The molecule has 43 heavy (non-hydrogen) atoms. The van der Waals surface area contributed by atoms with Crippen LogP contribution in [-0.2, 0) is 30.5 Å². The number of aromatic nitrogens is 4. The van der Waals surface area contributed by atoms with Gasteiger partial charge in [-0.3, -0.25) is 19.2 Å². The van der Waals surface area contributed by atoms with E-state index in [0.717, 1.165) is 0 Å². The third kappa shape index (κ3) is 5.96. The summed E-state index contributed by atoms with van der Waals surface area (Å²) < 4.78 is 1.27. The molecular weight excluding hydrogens is 582 g/mol. The molecule has 0 aliphatic carbocycles. The number of amides is 4. The van der Waals surface area contributed by atoms with Crippen molar-refractivity contribution in [3.05, 3.63) is 16.9 Å². The van der Waals surface area contributed by atoms with E-state index in [-0.39, 0.29) is 53.6 Å². The zero-order valence-electron chi connectivity index (χ0n) is 24.0. The number of carboxylic acid groups (broad SMARTS) is 1. The van der Waals surface area contributed by atoms with Crippen LogP contribution in [0.4, 0.5) is 0 Å². The summed E-state index contributed by atoms with van der Waals surface area (Å²) in [7, 11) is 0. The molecule has 0 radical (unpaired) electrons. The van der Waals surface area contributed by atoms with Gasteiger partial charge in [-0.15, -0.1) is 16.9 Å². The monoisotopic (exact) mass is 619 g/mol. The van der Waals surface area contributed by atoms with Crippen molar-refractivity contribution in [1.82, 2.24) is 45.5 Å². The first-order valence-corrected chi connectivity index (χ1v) is 15.1. The molecule has 1 unspecified atom stereocenters. The second-order valence-corrected chi connectivity index (χ2v) is 12.7. The number of hydrogen-bond acceptors (Lipinski definition) is 12. The van der Waals surface area contributed by atoms with Crippen LogP contribution in [-0.4, -0.2) is 138 Å². The molecule has 0 aromatic carbocycles. The number of nitrogens with two attached hydrogens (primary N) is 2. The molecule has 3 fully saturated rings. The number of carbonyl (C=O) groups is 5. The molecule has 0 spiro atoms. The van der Waals surface area contributed by atoms with Crippen LogP contribution < -0.4 is 22.1 Å². The van der Waals surface area contributed by atoms with Gasteiger partial charge < -0.3 is 41.9 Å². The Morgan fingerprint density at radius 2 is 1.91 bits per heavy atom. The summed E-state index contributed by atoms with van der Waals surface area (Å²) in [5.74, 6) is -3.01. The van der Waals surface area contributed by atoms with Gasteiger partial charge in [0.05, 0.1) is 24.0 Å². The highest BCUT2D eigenvalue weighted by atomic mass is 32.2. The van der Waals surface area contributed by atoms with Crippen LogP contribution in [0.3, 0.4) is 0 Å². The molecule has 0 saturated carbocycles. The Balaban J connectivity index is 1.17. The maximum absolute atomic E-state index is 13.2. The molecule has 4 aliphatic rings. The Morgan fingerprint density at radius 3 is 2.53 bits per heavy atom. The van der Waals surface area contributed by atoms with Crippen LogP contribution in [0.5, 0.6) is 0 Å². The molecule has 18 heteroatoms. The maximum atomic E-state index is 13.2. The van der Waals surface area contributed by atoms with Crippen LogP contribution in [0, 0.1) is 11.8 Å². The summed E-state index contributed by atoms with van der Waals surface area (Å²) in [5.41, 5.74) is 11.2. The SMILES string of the molecule is C[C@@H](NC(=O)Cn1cnnn1)[C@H]1C(=O)N2C(C(=O)O)=C(S[C@@H]3CN[C@H](C(=O)N4CCN(C(=O)C(N)CN)CC4)C3)[C@H](C)[C@H]12. The van der Waals surface area contributed by atoms with Crippen molar-refractivity contribution >= 4 is 41.4 Å². The zero-order valence-corrected chi connectivity index (χ0v) is 24.8. The van der Waals surface area contributed by atoms with Crippen molar-refractivity contribution in [3.8, 4) is 0 Å². The second kappa shape index (κ2) is 12.6. The molecule has 0 bridgehead atoms. The van der Waals surface area contributed by atoms with Crippen LogP contribution in [0.2, 0.25) is 0 Å². The highest BCUT2D eigenvalue weighted by Gasteiger charge is 2.60. The van der Waals surface area contributed by atoms with Gasteiger partial charge in [-0.1, -0.05) is 6.92 Å². The van der Waals surface area contributed by atoms with E-state index in [1.807, 2.05) is 6.92 Å². The van der Waals surface area contributed by atoms with Gasteiger partial charge >= 0.3 is 5.97 Å². The molecule has 3 saturated heterocycles. The summed E-state index contributed by atoms with van der Waals surface area (Å²) in [5, 5.41) is 26.7. The fourth-order valence-electron chi connectivity index (χ4n) is 6.35. The first-order valence-electron chi connectivity index (χ1n) is 14.3. The van der Waals surface area contributed by atoms with E-state index in [1.165, 1.54) is 27.7 Å². The van der Waals surface area contributed by atoms with Gasteiger partial charge in [0.2, 0.25) is 23.6 Å². The van der Waals surface area contributed by atoms with Crippen LogP contribution >= 0.6 is 11.8 Å². The summed E-state index contributed by atoms with van der Waals surface area (Å²) in [6.45, 7) is 5.65. The van der Waals surface area contributed by atoms with E-state index >= 15 is 0 Å². The fourth-order valence-corrected chi connectivity index (χ4v) is 7.83. The number of carboxylic acids is 1. The lowest BCUT2D eigenvalue weighted by molar-refractivity contribution is -0.158. The lowest BCUT2D eigenvalue weighted by Crippen LogP contribution is -2.66. The standard InChI is InChI=1S/C25H37N11O6S/c1-12-19-18(13(2)30-17(37)10-35-11-29-31-32-35)24(40)36(19)20(25(41)42)21(12)43-14-7-16(28-9-14)23(39)34-5-3-33(4-6-34)22(38)15(27)8-26/h11-16,18-19,28H,3-10,26-27H2,1-2H3,(H,30,37)(H,41,42)/t12-,13-,14+,15?,16+,18-,19-/m1/s1. The normalized spacial score (nSPS) is 28.4. The number of hydrogen-bond donors (Lipinski definition) is 5. The number of rotatable bonds is 10. The molecule has 7 N–H and O–H groups in total. The maximum Gasteiger partial charge on any atom is 0.353 e. The molecule has 4 aliphatic heterocycles. The Hall–Kier alpha value is -3.61. The van der Waals surface area contributed by atoms with Crippen molar-refractivity contribution in [2.24, 2.45) is 23.3 Å². The van der Waals surface area contributed by atoms with Crippen LogP contribution in [0.25, 0.3) is 0 Å². The minimum absolute atomic E-state index is 0.0257. The molecule has 5 heterocycles. The lowest BCUT2D eigenvalue weighted by atomic mass is 9.78. The third-order valence-electron chi connectivity index (χ3n) is 8.57. The average molecular weight is 620 g/mol. The number of nitrogens with zero attached hydrogens (tertiary/aromatic N) is 7. The number of carbonyl (C=O) groups excluding carboxylic acids is 4. The highest BCUT2D eigenvalue weighted by molar-refractivity contribution is 8.03. The topological polar surface area (TPSA) is 235 Å². The van der Waals surface area contributed by atoms with E-state index in [9.17, 15) is 29.1 Å². The van der Waals surface area contributed by atoms with Gasteiger partial charge in [0.1, 0.15) is 18.6 Å².